The third-order valence-corrected chi connectivity index (χ3v) is 8.49. The second kappa shape index (κ2) is 15.2. The van der Waals surface area contributed by atoms with Crippen LogP contribution in [0.1, 0.15) is 45.7 Å². The summed E-state index contributed by atoms with van der Waals surface area (Å²) in [7, 11) is 1.64. The summed E-state index contributed by atoms with van der Waals surface area (Å²) in [5.74, 6) is -0.400. The second-order valence-electron chi connectivity index (χ2n) is 11.4. The molecule has 8 nitrogen and oxygen atoms in total. The van der Waals surface area contributed by atoms with Crippen molar-refractivity contribution in [2.45, 2.75) is 84.8 Å². The molecule has 0 N–H and O–H groups in total. The topological polar surface area (TPSA) is 81.7 Å². The maximum absolute atomic E-state index is 12.1. The average molecular weight is 571 g/mol. The Morgan fingerprint density at radius 3 is 1.71 bits per heavy atom. The van der Waals surface area contributed by atoms with Gasteiger partial charge in [0.25, 0.3) is 0 Å². The van der Waals surface area contributed by atoms with E-state index in [0.717, 1.165) is 11.1 Å². The number of hydrogen-bond donors (Lipinski definition) is 0. The zero-order chi connectivity index (χ0) is 29.4. The van der Waals surface area contributed by atoms with Crippen LogP contribution in [-0.4, -0.2) is 63.3 Å². The van der Waals surface area contributed by atoms with E-state index in [2.05, 4.69) is 20.8 Å². The quantitative estimate of drug-likeness (QED) is 0.315. The molecule has 10 atom stereocenters. The first kappa shape index (κ1) is 31.6. The summed E-state index contributed by atoms with van der Waals surface area (Å²) in [5, 5.41) is 0. The van der Waals surface area contributed by atoms with E-state index in [-0.39, 0.29) is 48.0 Å². The Morgan fingerprint density at radius 2 is 1.20 bits per heavy atom. The Labute approximate surface area is 244 Å². The normalized spacial score (nSPS) is 33.8. The van der Waals surface area contributed by atoms with Crippen molar-refractivity contribution in [1.82, 2.24) is 0 Å². The van der Waals surface area contributed by atoms with E-state index in [9.17, 15) is 4.79 Å². The molecule has 8 heteroatoms. The van der Waals surface area contributed by atoms with E-state index in [4.69, 9.17) is 33.2 Å². The third-order valence-electron chi connectivity index (χ3n) is 8.49. The Hall–Kier alpha value is -2.33. The van der Waals surface area contributed by atoms with Crippen molar-refractivity contribution in [3.8, 4) is 0 Å². The first-order chi connectivity index (χ1) is 19.8. The molecule has 4 unspecified atom stereocenters. The number of esters is 1. The fraction of sp³-hybridized carbons (Fsp3) is 0.606. The van der Waals surface area contributed by atoms with Gasteiger partial charge in [0.1, 0.15) is 0 Å². The molecule has 2 fully saturated rings. The smallest absolute Gasteiger partial charge is 0.303 e. The minimum atomic E-state index is -0.758. The molecule has 2 saturated heterocycles. The zero-order valence-corrected chi connectivity index (χ0v) is 25.1. The van der Waals surface area contributed by atoms with E-state index in [0.29, 0.717) is 26.4 Å². The number of carbonyl (C=O) groups is 1. The summed E-state index contributed by atoms with van der Waals surface area (Å²) >= 11 is 0. The molecule has 0 radical (unpaired) electrons. The highest BCUT2D eigenvalue weighted by Crippen LogP contribution is 2.39. The minimum absolute atomic E-state index is 0.00310. The molecular formula is C33H46O8. The summed E-state index contributed by atoms with van der Waals surface area (Å²) in [5.41, 5.74) is 2.20. The number of ether oxygens (including phenoxy) is 7. The lowest BCUT2D eigenvalue weighted by Crippen LogP contribution is -2.58. The molecule has 2 heterocycles. The molecular weight excluding hydrogens is 524 g/mol. The van der Waals surface area contributed by atoms with Gasteiger partial charge in [0, 0.05) is 31.8 Å². The van der Waals surface area contributed by atoms with Gasteiger partial charge in [-0.15, -0.1) is 0 Å². The van der Waals surface area contributed by atoms with Crippen molar-refractivity contribution in [1.29, 1.82) is 0 Å². The van der Waals surface area contributed by atoms with Crippen LogP contribution >= 0.6 is 0 Å². The first-order valence-electron chi connectivity index (χ1n) is 14.7. The fourth-order valence-electron chi connectivity index (χ4n) is 5.78. The van der Waals surface area contributed by atoms with Gasteiger partial charge in [-0.25, -0.2) is 0 Å². The average Bonchev–Trinajstić information content (AvgIpc) is 2.97. The number of carbonyl (C=O) groups excluding carboxylic acids is 1. The maximum Gasteiger partial charge on any atom is 0.303 e. The van der Waals surface area contributed by atoms with Crippen LogP contribution in [0.5, 0.6) is 0 Å². The highest BCUT2D eigenvalue weighted by atomic mass is 16.7. The van der Waals surface area contributed by atoms with E-state index >= 15 is 0 Å². The lowest BCUT2D eigenvalue weighted by Gasteiger charge is -2.48. The number of benzene rings is 2. The summed E-state index contributed by atoms with van der Waals surface area (Å²) < 4.78 is 43.2. The van der Waals surface area contributed by atoms with E-state index in [1.807, 2.05) is 67.6 Å². The SMILES string of the molecule is CO[C@H]1OC(COCc2ccccc2)[C@@H](C)[C@H](O[C@@H]2OC(COCc3ccccc3)[C@@H](C)[C@H](C)C2OC(C)=O)C1C. The van der Waals surface area contributed by atoms with Gasteiger partial charge in [-0.1, -0.05) is 88.4 Å². The van der Waals surface area contributed by atoms with Gasteiger partial charge in [-0.2, -0.15) is 0 Å². The van der Waals surface area contributed by atoms with Crippen LogP contribution in [0, 0.1) is 23.7 Å². The maximum atomic E-state index is 12.1. The molecule has 0 aliphatic carbocycles. The lowest BCUT2D eigenvalue weighted by molar-refractivity contribution is -0.334. The van der Waals surface area contributed by atoms with Gasteiger partial charge in [0.05, 0.1) is 44.7 Å². The molecule has 4 rings (SSSR count). The summed E-state index contributed by atoms with van der Waals surface area (Å²) in [6, 6.07) is 20.1. The molecule has 0 aromatic heterocycles. The van der Waals surface area contributed by atoms with Crippen LogP contribution < -0.4 is 0 Å². The number of methoxy groups -OCH3 is 1. The zero-order valence-electron chi connectivity index (χ0n) is 25.1. The van der Waals surface area contributed by atoms with E-state index in [1.54, 1.807) is 7.11 Å². The standard InChI is InChI=1S/C33H46O8/c1-21-22(2)31(38-25(5)34)33(40-28(21)19-36-17-26-13-9-7-10-14-26)41-30-23(3)29(39-32(35-6)24(30)4)20-37-18-27-15-11-8-12-16-27/h7-16,21-24,28-33H,17-20H2,1-6H3/t21-,22-,23+,24?,28?,29?,30-,31?,32-,33-/m0/s1. The highest BCUT2D eigenvalue weighted by molar-refractivity contribution is 5.66. The van der Waals surface area contributed by atoms with E-state index in [1.165, 1.54) is 6.92 Å². The van der Waals surface area contributed by atoms with Gasteiger partial charge < -0.3 is 33.2 Å². The molecule has 226 valence electrons. The molecule has 2 aromatic carbocycles. The predicted octanol–water partition coefficient (Wildman–Crippen LogP) is 5.38. The van der Waals surface area contributed by atoms with Crippen molar-refractivity contribution in [3.05, 3.63) is 71.8 Å². The monoisotopic (exact) mass is 570 g/mol. The fourth-order valence-corrected chi connectivity index (χ4v) is 5.78. The van der Waals surface area contributed by atoms with Gasteiger partial charge in [-0.3, -0.25) is 4.79 Å². The van der Waals surface area contributed by atoms with Crippen molar-refractivity contribution < 1.29 is 38.0 Å². The third kappa shape index (κ3) is 8.37. The van der Waals surface area contributed by atoms with Gasteiger partial charge in [0.2, 0.25) is 0 Å². The van der Waals surface area contributed by atoms with Crippen molar-refractivity contribution >= 4 is 5.97 Å². The Bertz CT molecular complexity index is 1050. The molecule has 2 aliphatic rings. The van der Waals surface area contributed by atoms with Crippen LogP contribution in [-0.2, 0) is 51.2 Å². The van der Waals surface area contributed by atoms with Crippen molar-refractivity contribution in [2.75, 3.05) is 20.3 Å². The summed E-state index contributed by atoms with van der Waals surface area (Å²) in [6.45, 7) is 11.5. The molecule has 0 spiro atoms. The van der Waals surface area contributed by atoms with E-state index < -0.39 is 18.7 Å². The molecule has 2 aliphatic heterocycles. The number of rotatable bonds is 12. The van der Waals surface area contributed by atoms with Crippen molar-refractivity contribution in [2.24, 2.45) is 23.7 Å². The van der Waals surface area contributed by atoms with Crippen LogP contribution in [0.4, 0.5) is 0 Å². The largest absolute Gasteiger partial charge is 0.457 e. The lowest BCUT2D eigenvalue weighted by atomic mass is 9.82. The highest BCUT2D eigenvalue weighted by Gasteiger charge is 2.49. The molecule has 0 amide bonds. The Morgan fingerprint density at radius 1 is 0.683 bits per heavy atom. The Kier molecular flexibility index (Phi) is 11.7. The summed E-state index contributed by atoms with van der Waals surface area (Å²) in [4.78, 5) is 12.1. The van der Waals surface area contributed by atoms with Crippen LogP contribution in [0.25, 0.3) is 0 Å². The second-order valence-corrected chi connectivity index (χ2v) is 11.4. The van der Waals surface area contributed by atoms with Gasteiger partial charge in [-0.05, 0) is 17.0 Å². The number of hydrogen-bond acceptors (Lipinski definition) is 8. The Balaban J connectivity index is 1.45. The predicted molar refractivity (Wildman–Crippen MR) is 154 cm³/mol. The molecule has 41 heavy (non-hydrogen) atoms. The van der Waals surface area contributed by atoms with Gasteiger partial charge in [0.15, 0.2) is 18.7 Å². The van der Waals surface area contributed by atoms with Crippen LogP contribution in [0.2, 0.25) is 0 Å². The van der Waals surface area contributed by atoms with Crippen LogP contribution in [0.15, 0.2) is 60.7 Å². The van der Waals surface area contributed by atoms with Crippen molar-refractivity contribution in [3.63, 3.8) is 0 Å². The molecule has 0 saturated carbocycles. The van der Waals surface area contributed by atoms with Crippen LogP contribution in [0.3, 0.4) is 0 Å². The van der Waals surface area contributed by atoms with Gasteiger partial charge >= 0.3 is 5.97 Å². The minimum Gasteiger partial charge on any atom is -0.457 e. The molecule has 2 aromatic rings. The molecule has 0 bridgehead atoms. The summed E-state index contributed by atoms with van der Waals surface area (Å²) in [6.07, 6.45) is -2.54. The first-order valence-corrected chi connectivity index (χ1v) is 14.7.